The van der Waals surface area contributed by atoms with Crippen molar-refractivity contribution in [2.75, 3.05) is 55.7 Å². The van der Waals surface area contributed by atoms with Crippen molar-refractivity contribution in [3.05, 3.63) is 35.4 Å². The first-order valence-electron chi connectivity index (χ1n) is 15.6. The van der Waals surface area contributed by atoms with Crippen LogP contribution in [0.15, 0.2) is 24.3 Å². The zero-order chi connectivity index (χ0) is 36.2. The molecule has 0 saturated carbocycles. The van der Waals surface area contributed by atoms with Crippen molar-refractivity contribution in [2.24, 2.45) is 5.92 Å². The van der Waals surface area contributed by atoms with E-state index in [-0.39, 0.29) is 76.4 Å². The van der Waals surface area contributed by atoms with Crippen molar-refractivity contribution >= 4 is 34.6 Å². The summed E-state index contributed by atoms with van der Waals surface area (Å²) in [6.07, 6.45) is 0.0396. The van der Waals surface area contributed by atoms with E-state index in [4.69, 9.17) is 37.9 Å². The molecule has 3 aromatic rings. The van der Waals surface area contributed by atoms with E-state index in [0.29, 0.717) is 17.1 Å². The Balaban J connectivity index is 2.11. The van der Waals surface area contributed by atoms with E-state index in [1.165, 1.54) is 49.6 Å². The lowest BCUT2D eigenvalue weighted by molar-refractivity contribution is -0.131. The van der Waals surface area contributed by atoms with Crippen molar-refractivity contribution in [1.29, 1.82) is 0 Å². The van der Waals surface area contributed by atoms with Crippen LogP contribution in [0.25, 0.3) is 21.9 Å². The van der Waals surface area contributed by atoms with Crippen LogP contribution in [-0.2, 0) is 14.3 Å². The Morgan fingerprint density at radius 1 is 0.735 bits per heavy atom. The van der Waals surface area contributed by atoms with Crippen LogP contribution in [0.3, 0.4) is 0 Å². The number of fused-ring (bicyclic) bond motifs is 1. The van der Waals surface area contributed by atoms with Gasteiger partial charge in [0.15, 0.2) is 34.5 Å². The molecule has 0 aliphatic carbocycles. The fourth-order valence-corrected chi connectivity index (χ4v) is 6.01. The van der Waals surface area contributed by atoms with Gasteiger partial charge in [-0.3, -0.25) is 9.59 Å². The van der Waals surface area contributed by atoms with Gasteiger partial charge in [-0.15, -0.1) is 0 Å². The molecule has 49 heavy (non-hydrogen) atoms. The summed E-state index contributed by atoms with van der Waals surface area (Å²) in [4.78, 5) is 55.8. The summed E-state index contributed by atoms with van der Waals surface area (Å²) in [5.74, 6) is -1.60. The van der Waals surface area contributed by atoms with Crippen LogP contribution in [-0.4, -0.2) is 90.1 Å². The molecule has 264 valence electrons. The van der Waals surface area contributed by atoms with Crippen LogP contribution < -0.4 is 28.4 Å². The first kappa shape index (κ1) is 36.6. The highest BCUT2D eigenvalue weighted by molar-refractivity contribution is 6.22. The van der Waals surface area contributed by atoms with Gasteiger partial charge in [0.05, 0.1) is 53.8 Å². The quantitative estimate of drug-likeness (QED) is 0.139. The molecule has 0 bridgehead atoms. The summed E-state index contributed by atoms with van der Waals surface area (Å²) < 4.78 is 44.9. The summed E-state index contributed by atoms with van der Waals surface area (Å²) in [6.45, 7) is 7.00. The Labute approximate surface area is 285 Å². The van der Waals surface area contributed by atoms with Crippen LogP contribution >= 0.6 is 0 Å². The van der Waals surface area contributed by atoms with Gasteiger partial charge in [-0.25, -0.2) is 9.59 Å². The molecule has 1 aliphatic heterocycles. The number of ether oxygens (including phenoxy) is 8. The SMILES string of the molecule is COC(=O)c1c(C(=O)C2CCN(C(=O)OC(C)(C)C)CC2)c(OC(C)=O)c2cc(OC)c(OC)c(OC)c2c1-c1ccc(OC)c(OC)c1. The van der Waals surface area contributed by atoms with Crippen LogP contribution in [0.4, 0.5) is 4.79 Å². The molecule has 13 nitrogen and oxygen atoms in total. The highest BCUT2D eigenvalue weighted by Crippen LogP contribution is 2.53. The van der Waals surface area contributed by atoms with Crippen molar-refractivity contribution in [3.8, 4) is 45.6 Å². The van der Waals surface area contributed by atoms with Crippen molar-refractivity contribution in [1.82, 2.24) is 4.90 Å². The van der Waals surface area contributed by atoms with Crippen LogP contribution in [0.1, 0.15) is 61.3 Å². The number of ketones is 1. The number of likely N-dealkylation sites (tertiary alicyclic amines) is 1. The highest BCUT2D eigenvalue weighted by atomic mass is 16.6. The molecular weight excluding hydrogens is 638 g/mol. The minimum atomic E-state index is -0.869. The molecule has 0 spiro atoms. The second kappa shape index (κ2) is 14.9. The number of carbonyl (C=O) groups excluding carboxylic acids is 4. The van der Waals surface area contributed by atoms with E-state index in [1.807, 2.05) is 0 Å². The smallest absolute Gasteiger partial charge is 0.410 e. The van der Waals surface area contributed by atoms with Gasteiger partial charge in [0.25, 0.3) is 0 Å². The minimum Gasteiger partial charge on any atom is -0.493 e. The predicted octanol–water partition coefficient (Wildman–Crippen LogP) is 6.09. The molecule has 0 aromatic heterocycles. The topological polar surface area (TPSA) is 145 Å². The van der Waals surface area contributed by atoms with Gasteiger partial charge in [-0.2, -0.15) is 0 Å². The molecule has 0 radical (unpaired) electrons. The number of nitrogens with zero attached hydrogens (tertiary/aromatic N) is 1. The Morgan fingerprint density at radius 2 is 1.35 bits per heavy atom. The largest absolute Gasteiger partial charge is 0.493 e. The number of methoxy groups -OCH3 is 6. The highest BCUT2D eigenvalue weighted by Gasteiger charge is 2.38. The van der Waals surface area contributed by atoms with Gasteiger partial charge in [-0.05, 0) is 57.4 Å². The summed E-state index contributed by atoms with van der Waals surface area (Å²) in [6, 6.07) is 6.55. The van der Waals surface area contributed by atoms with Gasteiger partial charge in [0.2, 0.25) is 5.75 Å². The maximum atomic E-state index is 14.8. The summed E-state index contributed by atoms with van der Waals surface area (Å²) in [7, 11) is 8.42. The van der Waals surface area contributed by atoms with E-state index in [0.717, 1.165) is 0 Å². The molecule has 1 aliphatic rings. The van der Waals surface area contributed by atoms with E-state index < -0.39 is 35.3 Å². The fourth-order valence-electron chi connectivity index (χ4n) is 6.01. The Bertz CT molecular complexity index is 1770. The second-order valence-electron chi connectivity index (χ2n) is 12.3. The number of rotatable bonds is 10. The Hall–Kier alpha value is -5.20. The molecule has 1 amide bonds. The third-order valence-electron chi connectivity index (χ3n) is 8.12. The maximum absolute atomic E-state index is 14.8. The zero-order valence-electron chi connectivity index (χ0n) is 29.6. The van der Waals surface area contributed by atoms with Gasteiger partial charge in [0.1, 0.15) is 5.60 Å². The molecule has 1 saturated heterocycles. The number of hydrogen-bond acceptors (Lipinski definition) is 12. The van der Waals surface area contributed by atoms with E-state index in [9.17, 15) is 19.2 Å². The number of hydrogen-bond donors (Lipinski definition) is 0. The summed E-state index contributed by atoms with van der Waals surface area (Å²) >= 11 is 0. The average Bonchev–Trinajstić information content (AvgIpc) is 3.08. The number of esters is 2. The standard InChI is InChI=1S/C36H43NO12/c1-19(38)48-31-22-18-25(44-7)32(45-8)33(46-9)27(22)26(21-11-12-23(42-5)24(17-21)43-6)28(34(40)47-10)29(31)30(39)20-13-15-37(16-14-20)35(41)49-36(2,3)4/h11-12,17-18,20H,13-16H2,1-10H3. The Morgan fingerprint density at radius 3 is 1.86 bits per heavy atom. The number of piperidine rings is 1. The predicted molar refractivity (Wildman–Crippen MR) is 180 cm³/mol. The lowest BCUT2D eigenvalue weighted by Crippen LogP contribution is -2.43. The first-order valence-corrected chi connectivity index (χ1v) is 15.6. The fraction of sp³-hybridized carbons (Fsp3) is 0.444. The normalized spacial score (nSPS) is 13.4. The molecule has 4 rings (SSSR count). The van der Waals surface area contributed by atoms with E-state index in [1.54, 1.807) is 49.9 Å². The zero-order valence-corrected chi connectivity index (χ0v) is 29.6. The van der Waals surface area contributed by atoms with Crippen LogP contribution in [0.2, 0.25) is 0 Å². The second-order valence-corrected chi connectivity index (χ2v) is 12.3. The lowest BCUT2D eigenvalue weighted by Gasteiger charge is -2.33. The molecule has 3 aromatic carbocycles. The van der Waals surface area contributed by atoms with Crippen molar-refractivity contribution in [2.45, 2.75) is 46.1 Å². The Kier molecular flexibility index (Phi) is 11.2. The van der Waals surface area contributed by atoms with Crippen LogP contribution in [0, 0.1) is 5.92 Å². The van der Waals surface area contributed by atoms with Gasteiger partial charge >= 0.3 is 18.0 Å². The van der Waals surface area contributed by atoms with Crippen molar-refractivity contribution < 1.29 is 57.1 Å². The van der Waals surface area contributed by atoms with Crippen molar-refractivity contribution in [3.63, 3.8) is 0 Å². The van der Waals surface area contributed by atoms with Gasteiger partial charge in [0, 0.05) is 42.3 Å². The molecule has 0 N–H and O–H groups in total. The molecule has 1 fully saturated rings. The van der Waals surface area contributed by atoms with Crippen LogP contribution in [0.5, 0.6) is 34.5 Å². The molecule has 13 heteroatoms. The molecular formula is C36H43NO12. The van der Waals surface area contributed by atoms with Gasteiger partial charge in [-0.1, -0.05) is 6.07 Å². The average molecular weight is 682 g/mol. The minimum absolute atomic E-state index is 0.143. The van der Waals surface area contributed by atoms with Gasteiger partial charge < -0.3 is 42.8 Å². The van der Waals surface area contributed by atoms with E-state index >= 15 is 0 Å². The number of Topliss-reactive ketones (excluding diaryl/α,β-unsaturated/α-hetero) is 1. The third-order valence-corrected chi connectivity index (χ3v) is 8.12. The summed E-state index contributed by atoms with van der Waals surface area (Å²) in [5, 5.41) is 0.511. The number of benzene rings is 3. The van der Waals surface area contributed by atoms with E-state index in [2.05, 4.69) is 0 Å². The molecule has 0 unspecified atom stereocenters. The monoisotopic (exact) mass is 681 g/mol. The third kappa shape index (κ3) is 7.30. The lowest BCUT2D eigenvalue weighted by atomic mass is 9.81. The first-order chi connectivity index (χ1) is 23.2. The maximum Gasteiger partial charge on any atom is 0.410 e. The number of amides is 1. The molecule has 0 atom stereocenters. The molecule has 1 heterocycles. The summed E-state index contributed by atoms with van der Waals surface area (Å²) in [5.41, 5.74) is -0.357. The number of carbonyl (C=O) groups is 4.